The third kappa shape index (κ3) is 2.88. The third-order valence-corrected chi connectivity index (χ3v) is 6.35. The van der Waals surface area contributed by atoms with Crippen molar-refractivity contribution in [2.75, 3.05) is 5.32 Å². The van der Waals surface area contributed by atoms with Crippen molar-refractivity contribution in [2.24, 2.45) is 17.0 Å². The van der Waals surface area contributed by atoms with Gasteiger partial charge in [0.2, 0.25) is 0 Å². The van der Waals surface area contributed by atoms with E-state index in [0.717, 1.165) is 12.0 Å². The van der Waals surface area contributed by atoms with Gasteiger partial charge in [0.25, 0.3) is 0 Å². The Bertz CT molecular complexity index is 1090. The molecule has 0 saturated heterocycles. The molecule has 2 fully saturated rings. The normalized spacial score (nSPS) is 28.0. The van der Waals surface area contributed by atoms with Crippen molar-refractivity contribution < 1.29 is 5.11 Å². The molecular formula is C18H17IN8O. The SMILES string of the molecule is [N-]=[N+]=N[C@H]1[C@@H](O)[C@H](n2cnc3c(NCc4cccc(I)c4)ncnc32)[C@@H]2C[C@@H]21. The van der Waals surface area contributed by atoms with Crippen LogP contribution >= 0.6 is 22.6 Å². The van der Waals surface area contributed by atoms with Gasteiger partial charge in [0.05, 0.1) is 24.5 Å². The lowest BCUT2D eigenvalue weighted by Crippen LogP contribution is -2.30. The average molecular weight is 488 g/mol. The van der Waals surface area contributed by atoms with E-state index in [2.05, 4.69) is 71.1 Å². The number of aliphatic hydroxyl groups excluding tert-OH is 1. The van der Waals surface area contributed by atoms with Gasteiger partial charge in [-0.3, -0.25) is 0 Å². The predicted octanol–water partition coefficient (Wildman–Crippen LogP) is 3.27. The summed E-state index contributed by atoms with van der Waals surface area (Å²) in [6.45, 7) is 0.630. The van der Waals surface area contributed by atoms with Crippen LogP contribution in [0.3, 0.4) is 0 Å². The van der Waals surface area contributed by atoms with Crippen LogP contribution < -0.4 is 5.32 Å². The van der Waals surface area contributed by atoms with E-state index in [4.69, 9.17) is 5.53 Å². The summed E-state index contributed by atoms with van der Waals surface area (Å²) in [5.74, 6) is 1.20. The first-order valence-electron chi connectivity index (χ1n) is 9.05. The fourth-order valence-corrected chi connectivity index (χ4v) is 4.95. The molecule has 142 valence electrons. The number of benzene rings is 1. The molecule has 0 aliphatic heterocycles. The molecular weight excluding hydrogens is 471 g/mol. The van der Waals surface area contributed by atoms with Crippen LogP contribution in [0.15, 0.2) is 42.0 Å². The summed E-state index contributed by atoms with van der Waals surface area (Å²) in [6.07, 6.45) is 3.44. The van der Waals surface area contributed by atoms with E-state index >= 15 is 0 Å². The first-order valence-corrected chi connectivity index (χ1v) is 10.1. The van der Waals surface area contributed by atoms with E-state index in [0.29, 0.717) is 29.4 Å². The highest BCUT2D eigenvalue weighted by Crippen LogP contribution is 2.59. The van der Waals surface area contributed by atoms with Crippen LogP contribution in [0.4, 0.5) is 5.82 Å². The maximum absolute atomic E-state index is 10.7. The van der Waals surface area contributed by atoms with Gasteiger partial charge in [-0.25, -0.2) is 15.0 Å². The molecule has 9 nitrogen and oxygen atoms in total. The van der Waals surface area contributed by atoms with E-state index in [9.17, 15) is 5.11 Å². The largest absolute Gasteiger partial charge is 0.391 e. The molecule has 28 heavy (non-hydrogen) atoms. The summed E-state index contributed by atoms with van der Waals surface area (Å²) in [6, 6.07) is 7.70. The molecule has 2 N–H and O–H groups in total. The van der Waals surface area contributed by atoms with Crippen molar-refractivity contribution in [1.29, 1.82) is 0 Å². The van der Waals surface area contributed by atoms with Crippen LogP contribution in [0, 0.1) is 15.4 Å². The molecule has 3 aromatic rings. The summed E-state index contributed by atoms with van der Waals surface area (Å²) in [4.78, 5) is 16.2. The lowest BCUT2D eigenvalue weighted by atomic mass is 10.1. The summed E-state index contributed by atoms with van der Waals surface area (Å²) in [5.41, 5.74) is 11.3. The first-order chi connectivity index (χ1) is 13.7. The topological polar surface area (TPSA) is 125 Å². The van der Waals surface area contributed by atoms with Gasteiger partial charge in [-0.2, -0.15) is 0 Å². The van der Waals surface area contributed by atoms with Crippen molar-refractivity contribution in [3.05, 3.63) is 56.5 Å². The Balaban J connectivity index is 1.44. The fourth-order valence-electron chi connectivity index (χ4n) is 4.35. The quantitative estimate of drug-likeness (QED) is 0.247. The molecule has 2 aliphatic rings. The number of azide groups is 1. The Morgan fingerprint density at radius 2 is 2.21 bits per heavy atom. The van der Waals surface area contributed by atoms with Gasteiger partial charge in [-0.1, -0.05) is 17.2 Å². The smallest absolute Gasteiger partial charge is 0.165 e. The molecule has 2 aliphatic carbocycles. The number of hydrogen-bond acceptors (Lipinski definition) is 6. The molecule has 5 rings (SSSR count). The van der Waals surface area contributed by atoms with E-state index in [-0.39, 0.29) is 18.0 Å². The van der Waals surface area contributed by atoms with Crippen molar-refractivity contribution in [3.63, 3.8) is 0 Å². The molecule has 5 atom stereocenters. The molecule has 1 aromatic carbocycles. The molecule has 10 heteroatoms. The van der Waals surface area contributed by atoms with Gasteiger partial charge in [0.15, 0.2) is 11.5 Å². The zero-order valence-electron chi connectivity index (χ0n) is 14.7. The van der Waals surface area contributed by atoms with Crippen molar-refractivity contribution >= 4 is 39.6 Å². The second-order valence-electron chi connectivity index (χ2n) is 7.27. The predicted molar refractivity (Wildman–Crippen MR) is 111 cm³/mol. The maximum atomic E-state index is 10.7. The summed E-state index contributed by atoms with van der Waals surface area (Å²) >= 11 is 2.29. The van der Waals surface area contributed by atoms with E-state index in [1.165, 1.54) is 9.90 Å². The zero-order valence-corrected chi connectivity index (χ0v) is 16.9. The van der Waals surface area contributed by atoms with E-state index in [1.54, 1.807) is 6.33 Å². The number of halogens is 1. The highest BCUT2D eigenvalue weighted by molar-refractivity contribution is 14.1. The Morgan fingerprint density at radius 1 is 1.32 bits per heavy atom. The number of aromatic nitrogens is 4. The number of anilines is 1. The number of imidazole rings is 1. The number of fused-ring (bicyclic) bond motifs is 2. The lowest BCUT2D eigenvalue weighted by Gasteiger charge is -2.22. The maximum Gasteiger partial charge on any atom is 0.165 e. The Kier molecular flexibility index (Phi) is 4.33. The van der Waals surface area contributed by atoms with E-state index in [1.807, 2.05) is 10.6 Å². The first kappa shape index (κ1) is 17.7. The van der Waals surface area contributed by atoms with Crippen LogP contribution in [0.1, 0.15) is 18.0 Å². The second-order valence-corrected chi connectivity index (χ2v) is 8.52. The molecule has 2 aromatic heterocycles. The Morgan fingerprint density at radius 3 is 3.04 bits per heavy atom. The molecule has 2 heterocycles. The third-order valence-electron chi connectivity index (χ3n) is 5.68. The summed E-state index contributed by atoms with van der Waals surface area (Å²) in [7, 11) is 0. The Labute approximate surface area is 174 Å². The van der Waals surface area contributed by atoms with Gasteiger partial charge >= 0.3 is 0 Å². The van der Waals surface area contributed by atoms with Gasteiger partial charge in [-0.15, -0.1) is 0 Å². The number of nitrogens with zero attached hydrogens (tertiary/aromatic N) is 7. The van der Waals surface area contributed by atoms with Gasteiger partial charge < -0.3 is 15.0 Å². The molecule has 0 spiro atoms. The average Bonchev–Trinajstić information content (AvgIpc) is 3.26. The molecule has 0 bridgehead atoms. The monoisotopic (exact) mass is 488 g/mol. The number of hydrogen-bond donors (Lipinski definition) is 2. The molecule has 2 saturated carbocycles. The van der Waals surface area contributed by atoms with Crippen LogP contribution in [-0.4, -0.2) is 36.8 Å². The highest BCUT2D eigenvalue weighted by Gasteiger charge is 2.60. The number of aliphatic hydroxyl groups is 1. The lowest BCUT2D eigenvalue weighted by molar-refractivity contribution is 0.104. The van der Waals surface area contributed by atoms with Gasteiger partial charge in [0.1, 0.15) is 11.8 Å². The standard InChI is InChI=1S/C18H17IN8O/c19-10-3-1-2-9(4-10)6-21-17-14-18(23-7-22-17)27(8-24-14)15-12-5-11(12)13(16(15)28)25-26-20/h1-4,7-8,11-13,15-16,28H,5-6H2,(H,21,22,23)/t11-,12+,13+,15+,16+/m0/s1. The molecule has 0 amide bonds. The van der Waals surface area contributed by atoms with Gasteiger partial charge in [0, 0.05) is 15.0 Å². The number of nitrogens with one attached hydrogen (secondary N) is 1. The summed E-state index contributed by atoms with van der Waals surface area (Å²) < 4.78 is 3.09. The summed E-state index contributed by atoms with van der Waals surface area (Å²) in [5, 5.41) is 17.8. The van der Waals surface area contributed by atoms with Crippen LogP contribution in [0.25, 0.3) is 21.6 Å². The molecule has 0 unspecified atom stereocenters. The second kappa shape index (κ2) is 6.87. The van der Waals surface area contributed by atoms with Crippen molar-refractivity contribution in [1.82, 2.24) is 19.5 Å². The fraction of sp³-hybridized carbons (Fsp3) is 0.389. The van der Waals surface area contributed by atoms with Crippen LogP contribution in [0.5, 0.6) is 0 Å². The minimum atomic E-state index is -0.727. The van der Waals surface area contributed by atoms with Crippen molar-refractivity contribution in [2.45, 2.75) is 31.2 Å². The van der Waals surface area contributed by atoms with Gasteiger partial charge in [-0.05, 0) is 64.1 Å². The zero-order chi connectivity index (χ0) is 19.3. The van der Waals surface area contributed by atoms with Crippen LogP contribution in [-0.2, 0) is 6.54 Å². The van der Waals surface area contributed by atoms with Crippen molar-refractivity contribution in [3.8, 4) is 0 Å². The minimum absolute atomic E-state index is 0.177. The molecule has 0 radical (unpaired) electrons. The number of rotatable bonds is 5. The van der Waals surface area contributed by atoms with Crippen LogP contribution in [0.2, 0.25) is 0 Å². The van der Waals surface area contributed by atoms with E-state index < -0.39 is 6.10 Å². The highest BCUT2D eigenvalue weighted by atomic mass is 127. The minimum Gasteiger partial charge on any atom is -0.391 e. The Hall–Kier alpha value is -2.43.